The van der Waals surface area contributed by atoms with Gasteiger partial charge in [-0.15, -0.1) is 0 Å². The van der Waals surface area contributed by atoms with Gasteiger partial charge in [-0.1, -0.05) is 6.07 Å². The molecule has 1 aliphatic rings. The number of esters is 1. The highest BCUT2D eigenvalue weighted by molar-refractivity contribution is 5.89. The van der Waals surface area contributed by atoms with Gasteiger partial charge in [-0.2, -0.15) is 5.26 Å². The number of rotatable bonds is 6. The van der Waals surface area contributed by atoms with E-state index in [1.165, 1.54) is 18.2 Å². The van der Waals surface area contributed by atoms with Crippen LogP contribution in [0.4, 0.5) is 4.39 Å². The van der Waals surface area contributed by atoms with Crippen LogP contribution < -0.4 is 0 Å². The van der Waals surface area contributed by atoms with E-state index in [9.17, 15) is 9.18 Å². The number of oxazole rings is 1. The van der Waals surface area contributed by atoms with E-state index in [1.807, 2.05) is 13.0 Å². The van der Waals surface area contributed by atoms with E-state index in [0.717, 1.165) is 19.3 Å². The SMILES string of the molecule is Cc1oc(-c2ccc(F)cc2)nc1COC1CCCC(OC(=O)c2cccc(C#N)c2)C1. The molecule has 0 saturated heterocycles. The van der Waals surface area contributed by atoms with E-state index in [2.05, 4.69) is 4.98 Å². The van der Waals surface area contributed by atoms with Crippen molar-refractivity contribution in [2.75, 3.05) is 0 Å². The van der Waals surface area contributed by atoms with Crippen LogP contribution in [-0.2, 0) is 16.1 Å². The molecule has 1 fully saturated rings. The molecule has 2 unspecified atom stereocenters. The van der Waals surface area contributed by atoms with Gasteiger partial charge >= 0.3 is 5.97 Å². The largest absolute Gasteiger partial charge is 0.459 e. The van der Waals surface area contributed by atoms with Gasteiger partial charge < -0.3 is 13.9 Å². The van der Waals surface area contributed by atoms with E-state index in [0.29, 0.717) is 40.5 Å². The van der Waals surface area contributed by atoms with Crippen LogP contribution >= 0.6 is 0 Å². The maximum Gasteiger partial charge on any atom is 0.338 e. The molecular weight excluding hydrogens is 411 g/mol. The molecule has 1 aromatic heterocycles. The van der Waals surface area contributed by atoms with Crippen LogP contribution in [0.2, 0.25) is 0 Å². The van der Waals surface area contributed by atoms with E-state index in [4.69, 9.17) is 19.2 Å². The monoisotopic (exact) mass is 434 g/mol. The quantitative estimate of drug-likeness (QED) is 0.487. The summed E-state index contributed by atoms with van der Waals surface area (Å²) in [5.41, 5.74) is 2.19. The first-order valence-corrected chi connectivity index (χ1v) is 10.6. The summed E-state index contributed by atoms with van der Waals surface area (Å²) >= 11 is 0. The van der Waals surface area contributed by atoms with Crippen molar-refractivity contribution >= 4 is 5.97 Å². The van der Waals surface area contributed by atoms with Crippen molar-refractivity contribution < 1.29 is 23.1 Å². The Morgan fingerprint density at radius 1 is 1.22 bits per heavy atom. The Labute approximate surface area is 185 Å². The summed E-state index contributed by atoms with van der Waals surface area (Å²) in [5, 5.41) is 9.00. The lowest BCUT2D eigenvalue weighted by atomic mass is 9.94. The lowest BCUT2D eigenvalue weighted by molar-refractivity contribution is -0.0368. The smallest absolute Gasteiger partial charge is 0.338 e. The molecule has 0 bridgehead atoms. The maximum atomic E-state index is 13.1. The summed E-state index contributed by atoms with van der Waals surface area (Å²) in [6, 6.07) is 14.5. The zero-order valence-electron chi connectivity index (χ0n) is 17.7. The molecule has 2 aromatic carbocycles. The zero-order valence-corrected chi connectivity index (χ0v) is 17.7. The molecule has 7 heteroatoms. The number of benzene rings is 2. The average molecular weight is 434 g/mol. The summed E-state index contributed by atoms with van der Waals surface area (Å²) in [4.78, 5) is 16.9. The number of carbonyl (C=O) groups is 1. The minimum Gasteiger partial charge on any atom is -0.459 e. The molecule has 0 spiro atoms. The number of ether oxygens (including phenoxy) is 2. The summed E-state index contributed by atoms with van der Waals surface area (Å²) in [7, 11) is 0. The highest BCUT2D eigenvalue weighted by Gasteiger charge is 2.26. The van der Waals surface area contributed by atoms with Crippen molar-refractivity contribution in [1.82, 2.24) is 4.98 Å². The molecule has 1 heterocycles. The molecule has 2 atom stereocenters. The Morgan fingerprint density at radius 3 is 2.78 bits per heavy atom. The number of hydrogen-bond acceptors (Lipinski definition) is 6. The van der Waals surface area contributed by atoms with Gasteiger partial charge in [0.1, 0.15) is 23.4 Å². The fourth-order valence-corrected chi connectivity index (χ4v) is 3.77. The van der Waals surface area contributed by atoms with E-state index >= 15 is 0 Å². The van der Waals surface area contributed by atoms with Crippen LogP contribution in [0.3, 0.4) is 0 Å². The van der Waals surface area contributed by atoms with Crippen LogP contribution in [0.25, 0.3) is 11.5 Å². The van der Waals surface area contributed by atoms with Gasteiger partial charge in [0.25, 0.3) is 0 Å². The Bertz CT molecular complexity index is 1130. The lowest BCUT2D eigenvalue weighted by Gasteiger charge is -2.28. The van der Waals surface area contributed by atoms with Crippen LogP contribution in [0.1, 0.15) is 53.1 Å². The van der Waals surface area contributed by atoms with Crippen molar-refractivity contribution in [3.8, 4) is 17.5 Å². The number of aromatic nitrogens is 1. The summed E-state index contributed by atoms with van der Waals surface area (Å²) < 4.78 is 30.6. The molecule has 4 rings (SSSR count). The Morgan fingerprint density at radius 2 is 2.00 bits per heavy atom. The first-order valence-electron chi connectivity index (χ1n) is 10.6. The molecule has 164 valence electrons. The molecule has 32 heavy (non-hydrogen) atoms. The van der Waals surface area contributed by atoms with Crippen LogP contribution in [-0.4, -0.2) is 23.2 Å². The van der Waals surface area contributed by atoms with Crippen LogP contribution in [0.15, 0.2) is 52.9 Å². The summed E-state index contributed by atoms with van der Waals surface area (Å²) in [5.74, 6) is 0.339. The van der Waals surface area contributed by atoms with Crippen LogP contribution in [0, 0.1) is 24.1 Å². The maximum absolute atomic E-state index is 13.1. The molecule has 6 nitrogen and oxygen atoms in total. The molecule has 0 amide bonds. The third-order valence-corrected chi connectivity index (χ3v) is 5.52. The fourth-order valence-electron chi connectivity index (χ4n) is 3.77. The van der Waals surface area contributed by atoms with Crippen LogP contribution in [0.5, 0.6) is 0 Å². The molecule has 3 aromatic rings. The number of carbonyl (C=O) groups excluding carboxylic acids is 1. The number of nitriles is 1. The molecule has 1 saturated carbocycles. The third-order valence-electron chi connectivity index (χ3n) is 5.52. The highest BCUT2D eigenvalue weighted by atomic mass is 19.1. The Balaban J connectivity index is 1.33. The first kappa shape index (κ1) is 21.7. The number of hydrogen-bond donors (Lipinski definition) is 0. The fraction of sp³-hybridized carbons (Fsp3) is 0.320. The highest BCUT2D eigenvalue weighted by Crippen LogP contribution is 2.27. The van der Waals surface area contributed by atoms with Crippen molar-refractivity contribution in [2.24, 2.45) is 0 Å². The van der Waals surface area contributed by atoms with Gasteiger partial charge in [0.15, 0.2) is 0 Å². The molecule has 0 aliphatic heterocycles. The van der Waals surface area contributed by atoms with Gasteiger partial charge in [0.05, 0.1) is 29.9 Å². The van der Waals surface area contributed by atoms with E-state index < -0.39 is 5.97 Å². The Hall–Kier alpha value is -3.50. The summed E-state index contributed by atoms with van der Waals surface area (Å²) in [6.45, 7) is 2.10. The third kappa shape index (κ3) is 5.21. The van der Waals surface area contributed by atoms with Crippen molar-refractivity contribution in [1.29, 1.82) is 5.26 Å². The van der Waals surface area contributed by atoms with E-state index in [1.54, 1.807) is 30.3 Å². The molecule has 0 radical (unpaired) electrons. The number of halogens is 1. The Kier molecular flexibility index (Phi) is 6.62. The standard InChI is InChI=1S/C25H23FN2O4/c1-16-23(28-24(31-16)18-8-10-20(26)11-9-18)15-30-21-6-3-7-22(13-21)32-25(29)19-5-2-4-17(12-19)14-27/h2,4-5,8-12,21-22H,3,6-7,13,15H2,1H3. The molecule has 0 N–H and O–H groups in total. The van der Waals surface area contributed by atoms with Crippen molar-refractivity contribution in [2.45, 2.75) is 51.4 Å². The van der Waals surface area contributed by atoms with Gasteiger partial charge in [0.2, 0.25) is 5.89 Å². The van der Waals surface area contributed by atoms with Crippen molar-refractivity contribution in [3.63, 3.8) is 0 Å². The average Bonchev–Trinajstić information content (AvgIpc) is 3.19. The van der Waals surface area contributed by atoms with Gasteiger partial charge in [-0.25, -0.2) is 14.2 Å². The summed E-state index contributed by atoms with van der Waals surface area (Å²) in [6.07, 6.45) is 2.85. The normalized spacial score (nSPS) is 18.2. The second-order valence-electron chi connectivity index (χ2n) is 7.85. The predicted octanol–water partition coefficient (Wildman–Crippen LogP) is 5.35. The lowest BCUT2D eigenvalue weighted by Crippen LogP contribution is -2.30. The topological polar surface area (TPSA) is 85.4 Å². The molecule has 1 aliphatic carbocycles. The van der Waals surface area contributed by atoms with Gasteiger partial charge in [-0.3, -0.25) is 0 Å². The second kappa shape index (κ2) is 9.75. The van der Waals surface area contributed by atoms with Crippen molar-refractivity contribution in [3.05, 3.63) is 76.9 Å². The minimum atomic E-state index is -0.427. The first-order chi connectivity index (χ1) is 15.5. The van der Waals surface area contributed by atoms with Gasteiger partial charge in [0, 0.05) is 12.0 Å². The van der Waals surface area contributed by atoms with Gasteiger partial charge in [-0.05, 0) is 68.7 Å². The number of aryl methyl sites for hydroxylation is 1. The minimum absolute atomic E-state index is 0.0580. The van der Waals surface area contributed by atoms with E-state index in [-0.39, 0.29) is 24.6 Å². The second-order valence-corrected chi connectivity index (χ2v) is 7.85. The number of nitrogens with zero attached hydrogens (tertiary/aromatic N) is 2. The molecular formula is C25H23FN2O4. The zero-order chi connectivity index (χ0) is 22.5. The predicted molar refractivity (Wildman–Crippen MR) is 114 cm³/mol.